The molecule has 1 aromatic carbocycles. The third-order valence-electron chi connectivity index (χ3n) is 4.23. The molecule has 2 aromatic rings. The third kappa shape index (κ3) is 2.53. The van der Waals surface area contributed by atoms with Gasteiger partial charge in [-0.15, -0.1) is 0 Å². The van der Waals surface area contributed by atoms with Crippen LogP contribution in [0, 0.1) is 5.92 Å². The Morgan fingerprint density at radius 1 is 1.24 bits per heavy atom. The molecule has 2 heterocycles. The van der Waals surface area contributed by atoms with Crippen LogP contribution in [0.4, 0.5) is 0 Å². The molecule has 1 fully saturated rings. The van der Waals surface area contributed by atoms with Gasteiger partial charge in [0.2, 0.25) is 5.91 Å². The topological polar surface area (TPSA) is 46.1 Å². The molecule has 3 atom stereocenters. The van der Waals surface area contributed by atoms with Crippen molar-refractivity contribution in [2.24, 2.45) is 5.92 Å². The van der Waals surface area contributed by atoms with E-state index in [0.717, 1.165) is 12.1 Å². The summed E-state index contributed by atoms with van der Waals surface area (Å²) >= 11 is 0. The van der Waals surface area contributed by atoms with Crippen molar-refractivity contribution < 1.29 is 4.79 Å². The fourth-order valence-electron chi connectivity index (χ4n) is 3.00. The molecule has 0 aliphatic carbocycles. The molecule has 1 aromatic heterocycles. The third-order valence-corrected chi connectivity index (χ3v) is 4.23. The summed E-state index contributed by atoms with van der Waals surface area (Å²) in [6.07, 6.45) is 4.92. The fourth-order valence-corrected chi connectivity index (χ4v) is 3.00. The lowest BCUT2D eigenvalue weighted by atomic mass is 9.83. The molecule has 3 rings (SSSR count). The van der Waals surface area contributed by atoms with Crippen LogP contribution < -0.4 is 0 Å². The van der Waals surface area contributed by atoms with Gasteiger partial charge in [0.25, 0.3) is 0 Å². The highest BCUT2D eigenvalue weighted by Crippen LogP contribution is 2.40. The van der Waals surface area contributed by atoms with E-state index in [9.17, 15) is 4.79 Å². The fraction of sp³-hybridized carbons (Fsp3) is 0.353. The Morgan fingerprint density at radius 3 is 2.52 bits per heavy atom. The van der Waals surface area contributed by atoms with Gasteiger partial charge in [-0.05, 0) is 18.4 Å². The number of hydrogen-bond donors (Lipinski definition) is 0. The zero-order chi connectivity index (χ0) is 14.8. The zero-order valence-corrected chi connectivity index (χ0v) is 12.3. The minimum Gasteiger partial charge on any atom is -0.334 e. The number of benzene rings is 1. The molecule has 1 aliphatic rings. The monoisotopic (exact) mass is 281 g/mol. The lowest BCUT2D eigenvalue weighted by Gasteiger charge is -2.48. The molecule has 0 N–H and O–H groups in total. The molecule has 0 bridgehead atoms. The summed E-state index contributed by atoms with van der Waals surface area (Å²) in [5.41, 5.74) is 2.08. The standard InChI is InChI=1S/C17H19N3O/c1-12-10-20(16(12)14-6-4-3-5-7-14)17(21)13(2)15-8-18-11-19-9-15/h3-9,11-13,16H,10H2,1-2H3/t12-,13+,16-/m1/s1. The molecule has 0 spiro atoms. The molecule has 1 amide bonds. The lowest BCUT2D eigenvalue weighted by Crippen LogP contribution is -2.52. The molecule has 21 heavy (non-hydrogen) atoms. The second kappa shape index (κ2) is 5.64. The van der Waals surface area contributed by atoms with Crippen LogP contribution in [0.15, 0.2) is 49.1 Å². The van der Waals surface area contributed by atoms with Crippen molar-refractivity contribution in [3.63, 3.8) is 0 Å². The van der Waals surface area contributed by atoms with Gasteiger partial charge in [-0.2, -0.15) is 0 Å². The molecule has 108 valence electrons. The molecule has 4 nitrogen and oxygen atoms in total. The van der Waals surface area contributed by atoms with Crippen molar-refractivity contribution in [2.45, 2.75) is 25.8 Å². The van der Waals surface area contributed by atoms with E-state index in [2.05, 4.69) is 29.0 Å². The molecule has 0 radical (unpaired) electrons. The lowest BCUT2D eigenvalue weighted by molar-refractivity contribution is -0.144. The molecule has 1 aliphatic heterocycles. The van der Waals surface area contributed by atoms with E-state index in [0.29, 0.717) is 5.92 Å². The van der Waals surface area contributed by atoms with E-state index in [-0.39, 0.29) is 17.9 Å². The summed E-state index contributed by atoms with van der Waals surface area (Å²) in [5, 5.41) is 0. The van der Waals surface area contributed by atoms with Gasteiger partial charge in [0.15, 0.2) is 0 Å². The summed E-state index contributed by atoms with van der Waals surface area (Å²) < 4.78 is 0. The van der Waals surface area contributed by atoms with Gasteiger partial charge in [-0.1, -0.05) is 37.3 Å². The first-order valence-corrected chi connectivity index (χ1v) is 7.29. The quantitative estimate of drug-likeness (QED) is 0.869. The van der Waals surface area contributed by atoms with Crippen LogP contribution in [0.25, 0.3) is 0 Å². The first-order chi connectivity index (χ1) is 10.2. The normalized spacial score (nSPS) is 22.5. The van der Waals surface area contributed by atoms with Crippen molar-refractivity contribution in [3.8, 4) is 0 Å². The minimum atomic E-state index is -0.204. The Morgan fingerprint density at radius 2 is 1.90 bits per heavy atom. The predicted octanol–water partition coefficient (Wildman–Crippen LogP) is 2.80. The smallest absolute Gasteiger partial charge is 0.230 e. The summed E-state index contributed by atoms with van der Waals surface area (Å²) in [5.74, 6) is 0.442. The molecule has 0 saturated carbocycles. The second-order valence-electron chi connectivity index (χ2n) is 5.72. The van der Waals surface area contributed by atoms with Gasteiger partial charge in [0.05, 0.1) is 12.0 Å². The predicted molar refractivity (Wildman–Crippen MR) is 80.5 cm³/mol. The van der Waals surface area contributed by atoms with Gasteiger partial charge in [-0.3, -0.25) is 4.79 Å². The Labute approximate surface area is 124 Å². The van der Waals surface area contributed by atoms with E-state index < -0.39 is 0 Å². The van der Waals surface area contributed by atoms with Crippen LogP contribution in [0.1, 0.15) is 36.9 Å². The van der Waals surface area contributed by atoms with E-state index in [1.807, 2.05) is 30.0 Å². The number of carbonyl (C=O) groups is 1. The summed E-state index contributed by atoms with van der Waals surface area (Å²) in [6.45, 7) is 4.93. The Bertz CT molecular complexity index is 614. The maximum Gasteiger partial charge on any atom is 0.230 e. The highest BCUT2D eigenvalue weighted by molar-refractivity contribution is 5.84. The Balaban J connectivity index is 1.79. The molecular formula is C17H19N3O. The van der Waals surface area contributed by atoms with E-state index in [4.69, 9.17) is 0 Å². The first kappa shape index (κ1) is 13.7. The average molecular weight is 281 g/mol. The highest BCUT2D eigenvalue weighted by atomic mass is 16.2. The van der Waals surface area contributed by atoms with Crippen LogP contribution in [0.3, 0.4) is 0 Å². The summed E-state index contributed by atoms with van der Waals surface area (Å²) in [6, 6.07) is 10.4. The number of aromatic nitrogens is 2. The SMILES string of the molecule is C[C@H](C(=O)N1C[C@@H](C)[C@@H]1c1ccccc1)c1cncnc1. The van der Waals surface area contributed by atoms with Gasteiger partial charge >= 0.3 is 0 Å². The Hall–Kier alpha value is -2.23. The largest absolute Gasteiger partial charge is 0.334 e. The minimum absolute atomic E-state index is 0.150. The van der Waals surface area contributed by atoms with E-state index in [1.165, 1.54) is 11.9 Å². The zero-order valence-electron chi connectivity index (χ0n) is 12.3. The van der Waals surface area contributed by atoms with Crippen molar-refractivity contribution in [3.05, 3.63) is 60.2 Å². The number of likely N-dealkylation sites (tertiary alicyclic amines) is 1. The van der Waals surface area contributed by atoms with Gasteiger partial charge < -0.3 is 4.90 Å². The van der Waals surface area contributed by atoms with Crippen molar-refractivity contribution >= 4 is 5.91 Å². The first-order valence-electron chi connectivity index (χ1n) is 7.29. The number of nitrogens with zero attached hydrogens (tertiary/aromatic N) is 3. The Kier molecular flexibility index (Phi) is 3.69. The average Bonchev–Trinajstić information content (AvgIpc) is 2.53. The summed E-state index contributed by atoms with van der Waals surface area (Å²) in [7, 11) is 0. The van der Waals surface area contributed by atoms with E-state index in [1.54, 1.807) is 12.4 Å². The highest BCUT2D eigenvalue weighted by Gasteiger charge is 2.41. The second-order valence-corrected chi connectivity index (χ2v) is 5.72. The van der Waals surface area contributed by atoms with Crippen LogP contribution in [0.2, 0.25) is 0 Å². The van der Waals surface area contributed by atoms with Crippen LogP contribution >= 0.6 is 0 Å². The van der Waals surface area contributed by atoms with Crippen LogP contribution in [-0.2, 0) is 4.79 Å². The molecule has 4 heteroatoms. The number of rotatable bonds is 3. The van der Waals surface area contributed by atoms with E-state index >= 15 is 0 Å². The van der Waals surface area contributed by atoms with Crippen LogP contribution in [-0.4, -0.2) is 27.3 Å². The molecule has 0 unspecified atom stereocenters. The van der Waals surface area contributed by atoms with Crippen molar-refractivity contribution in [1.29, 1.82) is 0 Å². The van der Waals surface area contributed by atoms with Crippen LogP contribution in [0.5, 0.6) is 0 Å². The number of hydrogen-bond acceptors (Lipinski definition) is 3. The number of amides is 1. The van der Waals surface area contributed by atoms with Gasteiger partial charge in [0, 0.05) is 24.5 Å². The van der Waals surface area contributed by atoms with Gasteiger partial charge in [-0.25, -0.2) is 9.97 Å². The maximum atomic E-state index is 12.7. The molecule has 1 saturated heterocycles. The number of carbonyl (C=O) groups excluding carboxylic acids is 1. The summed E-state index contributed by atoms with van der Waals surface area (Å²) in [4.78, 5) is 22.7. The van der Waals surface area contributed by atoms with Crippen molar-refractivity contribution in [1.82, 2.24) is 14.9 Å². The van der Waals surface area contributed by atoms with Gasteiger partial charge in [0.1, 0.15) is 6.33 Å². The maximum absolute atomic E-state index is 12.7. The molecular weight excluding hydrogens is 262 g/mol. The van der Waals surface area contributed by atoms with Crippen molar-refractivity contribution in [2.75, 3.05) is 6.54 Å².